The highest BCUT2D eigenvalue weighted by molar-refractivity contribution is 5.93. The second-order valence-electron chi connectivity index (χ2n) is 5.05. The first-order valence-corrected chi connectivity index (χ1v) is 6.89. The van der Waals surface area contributed by atoms with Crippen LogP contribution in [0.25, 0.3) is 22.4 Å². The van der Waals surface area contributed by atoms with E-state index in [2.05, 4.69) is 36.2 Å². The molecule has 0 bridgehead atoms. The fraction of sp³-hybridized carbons (Fsp3) is 0.176. The zero-order valence-corrected chi connectivity index (χ0v) is 12.0. The van der Waals surface area contributed by atoms with Crippen LogP contribution in [0.3, 0.4) is 0 Å². The summed E-state index contributed by atoms with van der Waals surface area (Å²) in [5.74, 6) is -0.0911. The summed E-state index contributed by atoms with van der Waals surface area (Å²) in [6.45, 7) is 2.12. The Morgan fingerprint density at radius 1 is 1.19 bits per heavy atom. The van der Waals surface area contributed by atoms with Crippen molar-refractivity contribution in [3.05, 3.63) is 53.6 Å². The molecule has 0 aliphatic carbocycles. The van der Waals surface area contributed by atoms with Crippen LogP contribution in [0.4, 0.5) is 0 Å². The van der Waals surface area contributed by atoms with Gasteiger partial charge in [0.1, 0.15) is 5.82 Å². The average molecular weight is 280 g/mol. The lowest BCUT2D eigenvalue weighted by molar-refractivity contribution is 0.0697. The van der Waals surface area contributed by atoms with E-state index in [1.165, 1.54) is 5.56 Å². The Bertz CT molecular complexity index is 817. The van der Waals surface area contributed by atoms with E-state index in [1.54, 1.807) is 18.2 Å². The molecule has 4 heteroatoms. The summed E-state index contributed by atoms with van der Waals surface area (Å²) in [5, 5.41) is 9.06. The number of fused-ring (bicyclic) bond motifs is 1. The van der Waals surface area contributed by atoms with Gasteiger partial charge >= 0.3 is 5.97 Å². The first-order chi connectivity index (χ1) is 10.1. The maximum Gasteiger partial charge on any atom is 0.335 e. The summed E-state index contributed by atoms with van der Waals surface area (Å²) < 4.78 is 1.99. The van der Waals surface area contributed by atoms with Crippen molar-refractivity contribution in [2.45, 2.75) is 13.3 Å². The van der Waals surface area contributed by atoms with Gasteiger partial charge in [-0.05, 0) is 30.2 Å². The molecule has 0 aliphatic rings. The molecule has 0 amide bonds. The molecule has 4 nitrogen and oxygen atoms in total. The van der Waals surface area contributed by atoms with E-state index in [0.717, 1.165) is 23.3 Å². The van der Waals surface area contributed by atoms with E-state index >= 15 is 0 Å². The van der Waals surface area contributed by atoms with Crippen molar-refractivity contribution in [1.82, 2.24) is 9.55 Å². The number of rotatable bonds is 3. The van der Waals surface area contributed by atoms with Gasteiger partial charge in [-0.3, -0.25) is 0 Å². The van der Waals surface area contributed by atoms with Crippen LogP contribution in [0.1, 0.15) is 22.8 Å². The molecule has 106 valence electrons. The molecule has 0 saturated carbocycles. The summed E-state index contributed by atoms with van der Waals surface area (Å²) in [7, 11) is 1.94. The molecule has 1 N–H and O–H groups in total. The maximum atomic E-state index is 11.0. The SMILES string of the molecule is CCc1ccc(-c2nc3cc(C(=O)O)ccc3n2C)cc1. The average Bonchev–Trinajstić information content (AvgIpc) is 2.84. The largest absolute Gasteiger partial charge is 0.478 e. The highest BCUT2D eigenvalue weighted by Crippen LogP contribution is 2.24. The lowest BCUT2D eigenvalue weighted by Gasteiger charge is -2.03. The van der Waals surface area contributed by atoms with E-state index in [0.29, 0.717) is 5.52 Å². The second-order valence-corrected chi connectivity index (χ2v) is 5.05. The minimum atomic E-state index is -0.934. The number of imidazole rings is 1. The Hall–Kier alpha value is -2.62. The van der Waals surface area contributed by atoms with Gasteiger partial charge in [-0.1, -0.05) is 31.2 Å². The lowest BCUT2D eigenvalue weighted by Crippen LogP contribution is -1.95. The monoisotopic (exact) mass is 280 g/mol. The van der Waals surface area contributed by atoms with Gasteiger partial charge in [0.15, 0.2) is 0 Å². The summed E-state index contributed by atoms with van der Waals surface area (Å²) in [6.07, 6.45) is 1.00. The molecule has 0 aliphatic heterocycles. The van der Waals surface area contributed by atoms with Gasteiger partial charge in [0.05, 0.1) is 16.6 Å². The molecule has 0 unspecified atom stereocenters. The molecule has 0 fully saturated rings. The van der Waals surface area contributed by atoms with Gasteiger partial charge in [0, 0.05) is 12.6 Å². The van der Waals surface area contributed by atoms with Crippen molar-refractivity contribution >= 4 is 17.0 Å². The van der Waals surface area contributed by atoms with Gasteiger partial charge in [0.2, 0.25) is 0 Å². The zero-order chi connectivity index (χ0) is 15.0. The van der Waals surface area contributed by atoms with E-state index < -0.39 is 5.97 Å². The van der Waals surface area contributed by atoms with Crippen LogP contribution in [0.2, 0.25) is 0 Å². The number of nitrogens with zero attached hydrogens (tertiary/aromatic N) is 2. The first-order valence-electron chi connectivity index (χ1n) is 6.89. The summed E-state index contributed by atoms with van der Waals surface area (Å²) in [5.41, 5.74) is 4.20. The molecule has 1 heterocycles. The molecule has 0 radical (unpaired) electrons. The van der Waals surface area contributed by atoms with Crippen molar-refractivity contribution in [2.75, 3.05) is 0 Å². The van der Waals surface area contributed by atoms with Crippen LogP contribution >= 0.6 is 0 Å². The van der Waals surface area contributed by atoms with Crippen LogP contribution in [0.5, 0.6) is 0 Å². The number of aryl methyl sites for hydroxylation is 2. The molecule has 3 rings (SSSR count). The first kappa shape index (κ1) is 13.4. The third kappa shape index (κ3) is 2.29. The zero-order valence-electron chi connectivity index (χ0n) is 12.0. The van der Waals surface area contributed by atoms with E-state index in [4.69, 9.17) is 5.11 Å². The Labute approximate surface area is 122 Å². The van der Waals surface area contributed by atoms with Gasteiger partial charge in [-0.15, -0.1) is 0 Å². The van der Waals surface area contributed by atoms with Crippen molar-refractivity contribution in [3.8, 4) is 11.4 Å². The molecule has 21 heavy (non-hydrogen) atoms. The van der Waals surface area contributed by atoms with Crippen molar-refractivity contribution in [1.29, 1.82) is 0 Å². The van der Waals surface area contributed by atoms with Crippen LogP contribution in [0, 0.1) is 0 Å². The normalized spacial score (nSPS) is 11.0. The minimum Gasteiger partial charge on any atom is -0.478 e. The minimum absolute atomic E-state index is 0.258. The number of hydrogen-bond acceptors (Lipinski definition) is 2. The number of aromatic nitrogens is 2. The van der Waals surface area contributed by atoms with Gasteiger partial charge < -0.3 is 9.67 Å². The van der Waals surface area contributed by atoms with Gasteiger partial charge in [0.25, 0.3) is 0 Å². The Morgan fingerprint density at radius 3 is 2.52 bits per heavy atom. The second kappa shape index (κ2) is 5.05. The van der Waals surface area contributed by atoms with Gasteiger partial charge in [-0.25, -0.2) is 9.78 Å². The number of carboxylic acids is 1. The van der Waals surface area contributed by atoms with Crippen molar-refractivity contribution < 1.29 is 9.90 Å². The molecule has 2 aromatic carbocycles. The molecule has 3 aromatic rings. The maximum absolute atomic E-state index is 11.0. The highest BCUT2D eigenvalue weighted by atomic mass is 16.4. The standard InChI is InChI=1S/C17H16N2O2/c1-3-11-4-6-12(7-5-11)16-18-14-10-13(17(20)21)8-9-15(14)19(16)2/h4-10H,3H2,1-2H3,(H,20,21). The number of aromatic carboxylic acids is 1. The van der Waals surface area contributed by atoms with Crippen LogP contribution in [0.15, 0.2) is 42.5 Å². The van der Waals surface area contributed by atoms with Gasteiger partial charge in [-0.2, -0.15) is 0 Å². The topological polar surface area (TPSA) is 55.1 Å². The summed E-state index contributed by atoms with van der Waals surface area (Å²) in [6, 6.07) is 13.3. The molecule has 0 saturated heterocycles. The fourth-order valence-corrected chi connectivity index (χ4v) is 2.48. The van der Waals surface area contributed by atoms with Crippen LogP contribution in [-0.2, 0) is 13.5 Å². The summed E-state index contributed by atoms with van der Waals surface area (Å²) in [4.78, 5) is 15.6. The van der Waals surface area contributed by atoms with Crippen LogP contribution < -0.4 is 0 Å². The quantitative estimate of drug-likeness (QED) is 0.799. The Morgan fingerprint density at radius 2 is 1.90 bits per heavy atom. The predicted octanol–water partition coefficient (Wildman–Crippen LogP) is 3.50. The smallest absolute Gasteiger partial charge is 0.335 e. The molecular formula is C17H16N2O2. The summed E-state index contributed by atoms with van der Waals surface area (Å²) >= 11 is 0. The third-order valence-electron chi connectivity index (χ3n) is 3.75. The molecular weight excluding hydrogens is 264 g/mol. The number of carboxylic acid groups (broad SMARTS) is 1. The predicted molar refractivity (Wildman–Crippen MR) is 82.5 cm³/mol. The third-order valence-corrected chi connectivity index (χ3v) is 3.75. The van der Waals surface area contributed by atoms with E-state index in [-0.39, 0.29) is 5.56 Å². The molecule has 1 aromatic heterocycles. The number of benzene rings is 2. The van der Waals surface area contributed by atoms with Crippen molar-refractivity contribution in [2.24, 2.45) is 7.05 Å². The Kier molecular flexibility index (Phi) is 3.22. The Balaban J connectivity index is 2.13. The van der Waals surface area contributed by atoms with E-state index in [1.807, 2.05) is 11.6 Å². The van der Waals surface area contributed by atoms with Crippen LogP contribution in [-0.4, -0.2) is 20.6 Å². The molecule has 0 spiro atoms. The molecule has 0 atom stereocenters. The van der Waals surface area contributed by atoms with Crippen molar-refractivity contribution in [3.63, 3.8) is 0 Å². The number of carbonyl (C=O) groups is 1. The fourth-order valence-electron chi connectivity index (χ4n) is 2.48. The lowest BCUT2D eigenvalue weighted by atomic mass is 10.1. The highest BCUT2D eigenvalue weighted by Gasteiger charge is 2.12. The van der Waals surface area contributed by atoms with E-state index in [9.17, 15) is 4.79 Å². The number of hydrogen-bond donors (Lipinski definition) is 1.